The van der Waals surface area contributed by atoms with Crippen LogP contribution in [0.1, 0.15) is 87.7 Å². The Bertz CT molecular complexity index is 1360. The van der Waals surface area contributed by atoms with Gasteiger partial charge in [-0.05, 0) is 54.7 Å². The van der Waals surface area contributed by atoms with Crippen molar-refractivity contribution in [1.29, 1.82) is 0 Å². The molecular formula is C30H34O6. The van der Waals surface area contributed by atoms with Crippen LogP contribution in [-0.2, 0) is 4.79 Å². The number of hydrogen-bond acceptors (Lipinski definition) is 6. The number of aliphatic hydroxyl groups excluding tert-OH is 2. The smallest absolute Gasteiger partial charge is 0.206 e. The van der Waals surface area contributed by atoms with Crippen molar-refractivity contribution in [1.82, 2.24) is 0 Å². The van der Waals surface area contributed by atoms with Crippen LogP contribution in [0.15, 0.2) is 53.0 Å². The maximum Gasteiger partial charge on any atom is 0.206 e. The Morgan fingerprint density at radius 2 is 1.78 bits per heavy atom. The van der Waals surface area contributed by atoms with E-state index in [9.17, 15) is 30.0 Å². The highest BCUT2D eigenvalue weighted by Gasteiger charge is 2.71. The van der Waals surface area contributed by atoms with Crippen LogP contribution in [0.2, 0.25) is 0 Å². The molecule has 0 aromatic heterocycles. The number of hydrogen-bond donors (Lipinski definition) is 4. The summed E-state index contributed by atoms with van der Waals surface area (Å²) in [7, 11) is 0. The van der Waals surface area contributed by atoms with Gasteiger partial charge in [-0.2, -0.15) is 0 Å². The van der Waals surface area contributed by atoms with Crippen LogP contribution in [0.5, 0.6) is 5.75 Å². The van der Waals surface area contributed by atoms with Crippen molar-refractivity contribution in [3.05, 3.63) is 69.7 Å². The summed E-state index contributed by atoms with van der Waals surface area (Å²) in [5, 5.41) is 45.9. The van der Waals surface area contributed by atoms with Gasteiger partial charge in [-0.3, -0.25) is 9.59 Å². The molecule has 6 heteroatoms. The van der Waals surface area contributed by atoms with E-state index in [0.717, 1.165) is 24.8 Å². The molecule has 0 heterocycles. The van der Waals surface area contributed by atoms with Crippen LogP contribution in [-0.4, -0.2) is 37.6 Å². The first kappa shape index (κ1) is 24.6. The Kier molecular flexibility index (Phi) is 5.08. The number of benzene rings is 1. The average molecular weight is 491 g/mol. The second kappa shape index (κ2) is 7.45. The van der Waals surface area contributed by atoms with Gasteiger partial charge >= 0.3 is 0 Å². The van der Waals surface area contributed by atoms with Crippen molar-refractivity contribution in [3.63, 3.8) is 0 Å². The lowest BCUT2D eigenvalue weighted by Crippen LogP contribution is -2.67. The van der Waals surface area contributed by atoms with E-state index in [0.29, 0.717) is 11.1 Å². The zero-order valence-electron chi connectivity index (χ0n) is 21.5. The van der Waals surface area contributed by atoms with Gasteiger partial charge in [-0.15, -0.1) is 0 Å². The minimum Gasteiger partial charge on any atom is -0.512 e. The normalized spacial score (nSPS) is 35.9. The third-order valence-electron chi connectivity index (χ3n) is 10.0. The van der Waals surface area contributed by atoms with Gasteiger partial charge in [0.25, 0.3) is 0 Å². The third kappa shape index (κ3) is 2.60. The molecule has 5 rings (SSSR count). The number of Topliss-reactive ketones (excluding diaryl/α,β-unsaturated/α-hetero) is 2. The number of aromatic hydroxyl groups is 1. The van der Waals surface area contributed by atoms with Crippen LogP contribution >= 0.6 is 0 Å². The summed E-state index contributed by atoms with van der Waals surface area (Å²) < 4.78 is 0. The fraction of sp³-hybridized carbons (Fsp3) is 0.467. The van der Waals surface area contributed by atoms with Gasteiger partial charge in [0, 0.05) is 28.4 Å². The molecule has 1 aromatic carbocycles. The van der Waals surface area contributed by atoms with Crippen molar-refractivity contribution in [2.75, 3.05) is 0 Å². The highest BCUT2D eigenvalue weighted by Crippen LogP contribution is 2.68. The third-order valence-corrected chi connectivity index (χ3v) is 10.0. The number of allylic oxidation sites excluding steroid dienone is 5. The molecular weight excluding hydrogens is 456 g/mol. The van der Waals surface area contributed by atoms with Crippen molar-refractivity contribution in [2.24, 2.45) is 16.7 Å². The molecule has 4 N–H and O–H groups in total. The lowest BCUT2D eigenvalue weighted by molar-refractivity contribution is -0.170. The predicted octanol–water partition coefficient (Wildman–Crippen LogP) is 5.83. The zero-order valence-corrected chi connectivity index (χ0v) is 21.5. The fourth-order valence-corrected chi connectivity index (χ4v) is 7.51. The van der Waals surface area contributed by atoms with Gasteiger partial charge in [-0.1, -0.05) is 52.5 Å². The molecule has 0 aliphatic heterocycles. The van der Waals surface area contributed by atoms with Gasteiger partial charge in [-0.25, -0.2) is 0 Å². The van der Waals surface area contributed by atoms with Crippen LogP contribution in [0.3, 0.4) is 0 Å². The average Bonchev–Trinajstić information content (AvgIpc) is 3.34. The lowest BCUT2D eigenvalue weighted by Gasteiger charge is -2.61. The molecule has 0 fully saturated rings. The maximum absolute atomic E-state index is 14.2. The summed E-state index contributed by atoms with van der Waals surface area (Å²) in [4.78, 5) is 27.9. The van der Waals surface area contributed by atoms with E-state index < -0.39 is 39.7 Å². The molecule has 36 heavy (non-hydrogen) atoms. The van der Waals surface area contributed by atoms with E-state index in [1.165, 1.54) is 0 Å². The molecule has 4 aliphatic carbocycles. The zero-order chi connectivity index (χ0) is 26.5. The molecule has 0 saturated heterocycles. The highest BCUT2D eigenvalue weighted by atomic mass is 16.3. The molecule has 0 spiro atoms. The topological polar surface area (TPSA) is 115 Å². The quantitative estimate of drug-likeness (QED) is 0.415. The van der Waals surface area contributed by atoms with Crippen LogP contribution < -0.4 is 0 Å². The Labute approximate surface area is 211 Å². The lowest BCUT2D eigenvalue weighted by atomic mass is 9.42. The van der Waals surface area contributed by atoms with Crippen molar-refractivity contribution < 1.29 is 30.0 Å². The number of fused-ring (bicyclic) bond motifs is 3. The molecule has 1 aromatic rings. The predicted molar refractivity (Wildman–Crippen MR) is 137 cm³/mol. The molecule has 6 nitrogen and oxygen atoms in total. The first-order valence-corrected chi connectivity index (χ1v) is 12.6. The molecule has 4 aliphatic rings. The molecule has 0 radical (unpaired) electrons. The molecule has 0 amide bonds. The van der Waals surface area contributed by atoms with E-state index in [-0.39, 0.29) is 46.1 Å². The maximum atomic E-state index is 14.2. The molecule has 5 atom stereocenters. The van der Waals surface area contributed by atoms with Gasteiger partial charge in [0.1, 0.15) is 17.3 Å². The van der Waals surface area contributed by atoms with Crippen LogP contribution in [0, 0.1) is 16.7 Å². The van der Waals surface area contributed by atoms with Crippen LogP contribution in [0.25, 0.3) is 5.57 Å². The van der Waals surface area contributed by atoms with Crippen molar-refractivity contribution in [3.8, 4) is 5.75 Å². The Hall–Kier alpha value is -3.12. The van der Waals surface area contributed by atoms with E-state index in [1.54, 1.807) is 13.8 Å². The van der Waals surface area contributed by atoms with Gasteiger partial charge in [0.2, 0.25) is 5.78 Å². The number of phenols is 1. The Morgan fingerprint density at radius 3 is 2.36 bits per heavy atom. The summed E-state index contributed by atoms with van der Waals surface area (Å²) in [6, 6.07) is 3.74. The van der Waals surface area contributed by atoms with E-state index >= 15 is 0 Å². The second-order valence-electron chi connectivity index (χ2n) is 11.6. The molecule has 190 valence electrons. The summed E-state index contributed by atoms with van der Waals surface area (Å²) in [5.41, 5.74) is -2.20. The minimum absolute atomic E-state index is 0.0429. The van der Waals surface area contributed by atoms with Gasteiger partial charge in [0.15, 0.2) is 11.4 Å². The highest BCUT2D eigenvalue weighted by molar-refractivity contribution is 6.17. The number of rotatable bonds is 2. The second-order valence-corrected chi connectivity index (χ2v) is 11.6. The standard InChI is InChI=1S/C30H34O6/c1-14(2)21-20(31)13-28(5)16(4)29(6)15(3)18-11-12-19(17-9-7-8-10-17)24(32)22(18)25(33)23(29)27(35)30(28,36)26(21)34/h9,11-12,15-16,31-32,35-36H,1,7-8,10,13H2,2-6H3/t15-,16+,28+,29-,30+/m1/s1. The summed E-state index contributed by atoms with van der Waals surface area (Å²) in [6.45, 7) is 12.7. The number of ketones is 2. The first-order chi connectivity index (χ1) is 16.7. The van der Waals surface area contributed by atoms with Crippen molar-refractivity contribution in [2.45, 2.75) is 71.8 Å². The van der Waals surface area contributed by atoms with Crippen molar-refractivity contribution >= 4 is 17.1 Å². The number of phenolic OH excluding ortho intramolecular Hbond substituents is 1. The van der Waals surface area contributed by atoms with Gasteiger partial charge in [0.05, 0.1) is 11.1 Å². The summed E-state index contributed by atoms with van der Waals surface area (Å²) >= 11 is 0. The van der Waals surface area contributed by atoms with Gasteiger partial charge < -0.3 is 20.4 Å². The Balaban J connectivity index is 1.81. The molecule has 0 unspecified atom stereocenters. The number of carbonyl (C=O) groups is 2. The molecule has 0 bridgehead atoms. The summed E-state index contributed by atoms with van der Waals surface area (Å²) in [5.74, 6) is -3.26. The number of aliphatic hydroxyl groups is 3. The monoisotopic (exact) mass is 490 g/mol. The van der Waals surface area contributed by atoms with Crippen LogP contribution in [0.4, 0.5) is 0 Å². The van der Waals surface area contributed by atoms with E-state index in [4.69, 9.17) is 0 Å². The SMILES string of the molecule is C=C(C)C1=C(O)C[C@@]2(C)[C@H](C)[C@]3(C)C(=C(O)[C@@]2(O)C1=O)C(=O)c1c(ccc(C2=CCCC2)c1O)[C@H]3C. The van der Waals surface area contributed by atoms with E-state index in [1.807, 2.05) is 32.9 Å². The summed E-state index contributed by atoms with van der Waals surface area (Å²) in [6.07, 6.45) is 4.71. The fourth-order valence-electron chi connectivity index (χ4n) is 7.51. The first-order valence-electron chi connectivity index (χ1n) is 12.6. The number of carbonyl (C=O) groups excluding carboxylic acids is 2. The largest absolute Gasteiger partial charge is 0.512 e. The molecule has 0 saturated carbocycles. The Morgan fingerprint density at radius 1 is 1.11 bits per heavy atom. The van der Waals surface area contributed by atoms with E-state index in [2.05, 4.69) is 12.7 Å². The minimum atomic E-state index is -2.42.